The second-order valence-corrected chi connectivity index (χ2v) is 6.43. The predicted octanol–water partition coefficient (Wildman–Crippen LogP) is 0.627. The lowest BCUT2D eigenvalue weighted by Gasteiger charge is -2.28. The number of quaternary nitrogens is 1. The van der Waals surface area contributed by atoms with Gasteiger partial charge in [-0.25, -0.2) is 4.98 Å². The summed E-state index contributed by atoms with van der Waals surface area (Å²) in [6.45, 7) is 4.02. The number of aromatic amines is 1. The molecule has 1 fully saturated rings. The summed E-state index contributed by atoms with van der Waals surface area (Å²) in [6, 6.07) is 10.5. The van der Waals surface area contributed by atoms with E-state index in [0.717, 1.165) is 56.1 Å². The van der Waals surface area contributed by atoms with Gasteiger partial charge in [-0.3, -0.25) is 4.90 Å². The van der Waals surface area contributed by atoms with Gasteiger partial charge in [-0.1, -0.05) is 17.3 Å². The van der Waals surface area contributed by atoms with Crippen molar-refractivity contribution < 1.29 is 23.1 Å². The zero-order valence-corrected chi connectivity index (χ0v) is 14.0. The highest BCUT2D eigenvalue weighted by Gasteiger charge is 2.33. The number of anilines is 1. The van der Waals surface area contributed by atoms with Gasteiger partial charge in [0.2, 0.25) is 0 Å². The van der Waals surface area contributed by atoms with E-state index in [0.29, 0.717) is 5.82 Å². The third-order valence-corrected chi connectivity index (χ3v) is 4.73. The largest absolute Gasteiger partial charge is 0.419 e. The highest BCUT2D eigenvalue weighted by Crippen LogP contribution is 2.28. The minimum atomic E-state index is -4.32. The second-order valence-electron chi connectivity index (χ2n) is 6.43. The molecule has 2 N–H and O–H groups in total. The molecular formula is C17H19F3N6+2. The number of hydrogen-bond acceptors (Lipinski definition) is 3. The minimum absolute atomic E-state index is 0.663. The van der Waals surface area contributed by atoms with Crippen LogP contribution in [0.5, 0.6) is 0 Å². The number of alkyl halides is 3. The molecular weight excluding hydrogens is 345 g/mol. The van der Waals surface area contributed by atoms with E-state index in [1.54, 1.807) is 0 Å². The van der Waals surface area contributed by atoms with Crippen LogP contribution in [0, 0.1) is 0 Å². The van der Waals surface area contributed by atoms with Gasteiger partial charge in [0.15, 0.2) is 6.67 Å². The number of benzene rings is 1. The molecule has 26 heavy (non-hydrogen) atoms. The molecule has 2 aromatic heterocycles. The molecule has 0 aliphatic carbocycles. The zero-order valence-electron chi connectivity index (χ0n) is 14.0. The van der Waals surface area contributed by atoms with Crippen molar-refractivity contribution in [3.05, 3.63) is 48.2 Å². The number of halogens is 3. The maximum atomic E-state index is 12.7. The fourth-order valence-electron chi connectivity index (χ4n) is 3.26. The molecule has 3 aromatic rings. The number of hydrogen-bond donors (Lipinski definition) is 1. The molecule has 0 amide bonds. The lowest BCUT2D eigenvalue weighted by atomic mass is 10.2. The number of aromatic nitrogens is 4. The van der Waals surface area contributed by atoms with Gasteiger partial charge in [0.05, 0.1) is 11.1 Å². The fourth-order valence-corrected chi connectivity index (χ4v) is 3.26. The number of para-hydroxylation sites is 1. The van der Waals surface area contributed by atoms with Crippen LogP contribution in [0.4, 0.5) is 19.0 Å². The number of fused-ring (bicyclic) bond motifs is 1. The third kappa shape index (κ3) is 3.34. The average molecular weight is 364 g/mol. The summed E-state index contributed by atoms with van der Waals surface area (Å²) in [6.07, 6.45) is -3.30. The Morgan fingerprint density at radius 2 is 1.85 bits per heavy atom. The lowest BCUT2D eigenvalue weighted by Crippen LogP contribution is -3.14. The summed E-state index contributed by atoms with van der Waals surface area (Å²) in [7, 11) is 0. The summed E-state index contributed by atoms with van der Waals surface area (Å²) < 4.78 is 39.9. The van der Waals surface area contributed by atoms with Gasteiger partial charge in [0.1, 0.15) is 37.9 Å². The molecule has 3 heterocycles. The quantitative estimate of drug-likeness (QED) is 0.742. The molecule has 136 valence electrons. The van der Waals surface area contributed by atoms with Gasteiger partial charge in [-0.05, 0) is 18.2 Å². The normalized spacial score (nSPS) is 16.3. The average Bonchev–Trinajstić information content (AvgIpc) is 3.05. The van der Waals surface area contributed by atoms with E-state index in [2.05, 4.69) is 20.2 Å². The van der Waals surface area contributed by atoms with Gasteiger partial charge in [-0.15, -0.1) is 5.10 Å². The molecule has 9 heteroatoms. The number of rotatable bonds is 3. The van der Waals surface area contributed by atoms with E-state index in [-0.39, 0.29) is 0 Å². The first-order valence-electron chi connectivity index (χ1n) is 8.46. The number of piperazine rings is 1. The topological polar surface area (TPSA) is 52.5 Å². The van der Waals surface area contributed by atoms with Gasteiger partial charge in [0.25, 0.3) is 5.82 Å². The smallest absolute Gasteiger partial charge is 0.310 e. The maximum absolute atomic E-state index is 12.7. The molecule has 0 atom stereocenters. The van der Waals surface area contributed by atoms with Crippen LogP contribution in [0.3, 0.4) is 0 Å². The van der Waals surface area contributed by atoms with Gasteiger partial charge in [0, 0.05) is 6.07 Å². The van der Waals surface area contributed by atoms with Gasteiger partial charge in [-0.2, -0.15) is 17.9 Å². The summed E-state index contributed by atoms with van der Waals surface area (Å²) in [5, 5.41) is 8.39. The summed E-state index contributed by atoms with van der Waals surface area (Å²) in [5.41, 5.74) is 1.23. The zero-order chi connectivity index (χ0) is 18.1. The van der Waals surface area contributed by atoms with Crippen molar-refractivity contribution in [1.82, 2.24) is 15.0 Å². The predicted molar refractivity (Wildman–Crippen MR) is 88.4 cm³/mol. The van der Waals surface area contributed by atoms with Crippen molar-refractivity contribution >= 4 is 16.9 Å². The fraction of sp³-hybridized carbons (Fsp3) is 0.353. The SMILES string of the molecule is FC(F)(F)c1ccc(N2CC[NH+](Cn3nnc4ccccc43)CC2)[nH+]c1. The Morgan fingerprint density at radius 1 is 1.08 bits per heavy atom. The first kappa shape index (κ1) is 16.8. The van der Waals surface area contributed by atoms with Crippen LogP contribution in [-0.4, -0.2) is 41.2 Å². The monoisotopic (exact) mass is 364 g/mol. The molecule has 0 bridgehead atoms. The maximum Gasteiger partial charge on any atom is 0.419 e. The molecule has 4 rings (SSSR count). The molecule has 0 unspecified atom stereocenters. The summed E-state index contributed by atoms with van der Waals surface area (Å²) in [5.74, 6) is 0.711. The first-order chi connectivity index (χ1) is 12.5. The van der Waals surface area contributed by atoms with E-state index in [1.165, 1.54) is 11.0 Å². The van der Waals surface area contributed by atoms with Crippen molar-refractivity contribution in [3.8, 4) is 0 Å². The minimum Gasteiger partial charge on any atom is -0.310 e. The number of nitrogens with zero attached hydrogens (tertiary/aromatic N) is 4. The van der Waals surface area contributed by atoms with Crippen LogP contribution in [-0.2, 0) is 12.8 Å². The number of nitrogens with one attached hydrogen (secondary N) is 2. The molecule has 0 spiro atoms. The van der Waals surface area contributed by atoms with Crippen molar-refractivity contribution in [2.24, 2.45) is 0 Å². The van der Waals surface area contributed by atoms with Crippen LogP contribution in [0.25, 0.3) is 11.0 Å². The van der Waals surface area contributed by atoms with Crippen LogP contribution < -0.4 is 14.8 Å². The Balaban J connectivity index is 1.38. The van der Waals surface area contributed by atoms with E-state index in [1.807, 2.05) is 28.9 Å². The Labute approximate surface area is 147 Å². The summed E-state index contributed by atoms with van der Waals surface area (Å²) in [4.78, 5) is 6.20. The molecule has 0 radical (unpaired) electrons. The first-order valence-corrected chi connectivity index (χ1v) is 8.46. The van der Waals surface area contributed by atoms with Gasteiger partial charge >= 0.3 is 6.18 Å². The number of H-pyrrole nitrogens is 1. The highest BCUT2D eigenvalue weighted by molar-refractivity contribution is 5.73. The highest BCUT2D eigenvalue weighted by atomic mass is 19.4. The van der Waals surface area contributed by atoms with Crippen LogP contribution in [0.15, 0.2) is 42.6 Å². The van der Waals surface area contributed by atoms with Crippen LogP contribution >= 0.6 is 0 Å². The van der Waals surface area contributed by atoms with E-state index >= 15 is 0 Å². The Hall–Kier alpha value is -2.68. The third-order valence-electron chi connectivity index (χ3n) is 4.73. The second kappa shape index (κ2) is 6.56. The van der Waals surface area contributed by atoms with E-state index in [4.69, 9.17) is 0 Å². The van der Waals surface area contributed by atoms with Crippen LogP contribution in [0.1, 0.15) is 5.56 Å². The van der Waals surface area contributed by atoms with Crippen molar-refractivity contribution in [3.63, 3.8) is 0 Å². The molecule has 1 aliphatic heterocycles. The molecule has 1 saturated heterocycles. The Bertz CT molecular complexity index is 881. The molecule has 0 saturated carbocycles. The Morgan fingerprint density at radius 3 is 2.54 bits per heavy atom. The van der Waals surface area contributed by atoms with E-state index < -0.39 is 11.7 Å². The van der Waals surface area contributed by atoms with Crippen LogP contribution in [0.2, 0.25) is 0 Å². The Kier molecular flexibility index (Phi) is 4.23. The van der Waals surface area contributed by atoms with Crippen molar-refractivity contribution in [2.45, 2.75) is 12.8 Å². The van der Waals surface area contributed by atoms with Crippen molar-refractivity contribution in [1.29, 1.82) is 0 Å². The lowest BCUT2D eigenvalue weighted by molar-refractivity contribution is -0.923. The van der Waals surface area contributed by atoms with Crippen molar-refractivity contribution in [2.75, 3.05) is 31.1 Å². The van der Waals surface area contributed by atoms with Gasteiger partial charge < -0.3 is 4.90 Å². The number of pyridine rings is 1. The summed E-state index contributed by atoms with van der Waals surface area (Å²) >= 11 is 0. The standard InChI is InChI=1S/C17H17F3N6/c18-17(19,20)13-5-6-16(21-11-13)25-9-7-24(8-10-25)12-26-15-4-2-1-3-14(15)22-23-26/h1-6,11H,7-10,12H2/p+2. The molecule has 1 aromatic carbocycles. The molecule has 1 aliphatic rings. The molecule has 6 nitrogen and oxygen atoms in total. The van der Waals surface area contributed by atoms with E-state index in [9.17, 15) is 13.2 Å².